The van der Waals surface area contributed by atoms with E-state index in [4.69, 9.17) is 0 Å². The van der Waals surface area contributed by atoms with Crippen LogP contribution in [0.15, 0.2) is 57.9 Å². The van der Waals surface area contributed by atoms with Crippen LogP contribution in [0.4, 0.5) is 18.9 Å². The van der Waals surface area contributed by atoms with Crippen molar-refractivity contribution in [3.8, 4) is 0 Å². The summed E-state index contributed by atoms with van der Waals surface area (Å²) in [6.45, 7) is -1.41. The average molecular weight is 447 g/mol. The second-order valence-corrected chi connectivity index (χ2v) is 7.13. The van der Waals surface area contributed by atoms with Gasteiger partial charge in [0.1, 0.15) is 6.54 Å². The zero-order valence-electron chi connectivity index (χ0n) is 13.3. The quantitative estimate of drug-likeness (QED) is 0.643. The Morgan fingerprint density at radius 2 is 1.77 bits per heavy atom. The first kappa shape index (κ1) is 20.3. The lowest BCUT2D eigenvalue weighted by atomic mass is 10.2. The Kier molecular flexibility index (Phi) is 7.10. The second kappa shape index (κ2) is 9.09. The van der Waals surface area contributed by atoms with Crippen LogP contribution in [0.5, 0.6) is 0 Å². The minimum absolute atomic E-state index is 0.0348. The molecule has 0 saturated carbocycles. The average Bonchev–Trinajstić information content (AvgIpc) is 2.59. The molecule has 0 spiro atoms. The molecule has 0 aliphatic carbocycles. The maximum Gasteiger partial charge on any atom is 0.405 e. The van der Waals surface area contributed by atoms with E-state index in [9.17, 15) is 22.8 Å². The lowest BCUT2D eigenvalue weighted by Gasteiger charge is -2.10. The van der Waals surface area contributed by atoms with E-state index in [1.54, 1.807) is 11.4 Å². The maximum atomic E-state index is 12.2. The third-order valence-electron chi connectivity index (χ3n) is 3.04. The number of rotatable bonds is 6. The van der Waals surface area contributed by atoms with Crippen molar-refractivity contribution in [2.45, 2.75) is 11.1 Å². The minimum atomic E-state index is -4.48. The van der Waals surface area contributed by atoms with E-state index in [1.165, 1.54) is 30.0 Å². The van der Waals surface area contributed by atoms with E-state index in [1.807, 2.05) is 24.3 Å². The molecule has 2 aromatic rings. The smallest absolute Gasteiger partial charge is 0.343 e. The predicted molar refractivity (Wildman–Crippen MR) is 98.3 cm³/mol. The number of carbonyl (C=O) groups is 2. The molecule has 2 amide bonds. The van der Waals surface area contributed by atoms with Crippen LogP contribution in [0.2, 0.25) is 0 Å². The lowest BCUT2D eigenvalue weighted by molar-refractivity contribution is -0.123. The fourth-order valence-corrected chi connectivity index (χ4v) is 2.86. The zero-order chi connectivity index (χ0) is 19.2. The first-order valence-electron chi connectivity index (χ1n) is 7.36. The largest absolute Gasteiger partial charge is 0.405 e. The molecular weight excluding hydrogens is 433 g/mol. The molecule has 0 atom stereocenters. The number of carbonyl (C=O) groups excluding carboxylic acids is 2. The molecule has 26 heavy (non-hydrogen) atoms. The van der Waals surface area contributed by atoms with Crippen molar-refractivity contribution in [1.82, 2.24) is 5.32 Å². The number of hydrogen-bond donors (Lipinski definition) is 2. The van der Waals surface area contributed by atoms with Crippen molar-refractivity contribution in [1.29, 1.82) is 0 Å². The number of hydrogen-bond acceptors (Lipinski definition) is 3. The molecule has 4 nitrogen and oxygen atoms in total. The van der Waals surface area contributed by atoms with Gasteiger partial charge in [0, 0.05) is 20.6 Å². The van der Waals surface area contributed by atoms with Crippen molar-refractivity contribution in [2.75, 3.05) is 17.6 Å². The molecule has 0 fully saturated rings. The van der Waals surface area contributed by atoms with E-state index < -0.39 is 18.6 Å². The summed E-state index contributed by atoms with van der Waals surface area (Å²) in [6.07, 6.45) is -4.48. The van der Waals surface area contributed by atoms with Crippen molar-refractivity contribution in [2.24, 2.45) is 0 Å². The third kappa shape index (κ3) is 7.09. The summed E-state index contributed by atoms with van der Waals surface area (Å²) in [5, 5.41) is 4.41. The summed E-state index contributed by atoms with van der Waals surface area (Å²) in [4.78, 5) is 24.7. The Hall–Kier alpha value is -2.00. The van der Waals surface area contributed by atoms with Crippen LogP contribution in [0.25, 0.3) is 0 Å². The Labute approximate surface area is 160 Å². The molecule has 0 aliphatic heterocycles. The molecule has 0 unspecified atom stereocenters. The van der Waals surface area contributed by atoms with E-state index in [2.05, 4.69) is 21.2 Å². The Balaban J connectivity index is 1.89. The molecule has 0 heterocycles. The van der Waals surface area contributed by atoms with Gasteiger partial charge in [-0.25, -0.2) is 0 Å². The summed E-state index contributed by atoms with van der Waals surface area (Å²) in [5.41, 5.74) is 0.374. The van der Waals surface area contributed by atoms with Gasteiger partial charge >= 0.3 is 6.18 Å². The van der Waals surface area contributed by atoms with Gasteiger partial charge in [-0.3, -0.25) is 9.59 Å². The number of halogens is 4. The van der Waals surface area contributed by atoms with Crippen LogP contribution in [-0.2, 0) is 4.79 Å². The molecule has 0 bridgehead atoms. The standard InChI is InChI=1S/C17H14BrF3N2O2S/c18-12-4-6-14(7-5-12)26-9-15(24)23-13-3-1-2-11(8-13)16(25)22-10-17(19,20)21/h1-8H,9-10H2,(H,22,25)(H,23,24). The van der Waals surface area contributed by atoms with E-state index in [-0.39, 0.29) is 17.2 Å². The number of alkyl halides is 3. The molecule has 2 aromatic carbocycles. The van der Waals surface area contributed by atoms with Gasteiger partial charge < -0.3 is 10.6 Å². The fraction of sp³-hybridized carbons (Fsp3) is 0.176. The molecule has 0 aromatic heterocycles. The summed E-state index contributed by atoms with van der Waals surface area (Å²) in [6, 6.07) is 13.2. The number of amides is 2. The summed E-state index contributed by atoms with van der Waals surface area (Å²) in [7, 11) is 0. The highest BCUT2D eigenvalue weighted by Crippen LogP contribution is 2.21. The summed E-state index contributed by atoms with van der Waals surface area (Å²) < 4.78 is 37.4. The van der Waals surface area contributed by atoms with E-state index >= 15 is 0 Å². The highest BCUT2D eigenvalue weighted by atomic mass is 79.9. The monoisotopic (exact) mass is 446 g/mol. The zero-order valence-corrected chi connectivity index (χ0v) is 15.7. The molecule has 0 saturated heterocycles. The SMILES string of the molecule is O=C(CSc1ccc(Br)cc1)Nc1cccc(C(=O)NCC(F)(F)F)c1. The molecule has 0 radical (unpaired) electrons. The summed E-state index contributed by atoms with van der Waals surface area (Å²) >= 11 is 4.67. The van der Waals surface area contributed by atoms with Crippen LogP contribution in [0, 0.1) is 0 Å². The van der Waals surface area contributed by atoms with Crippen molar-refractivity contribution < 1.29 is 22.8 Å². The van der Waals surface area contributed by atoms with Gasteiger partial charge in [-0.05, 0) is 42.5 Å². The van der Waals surface area contributed by atoms with Crippen LogP contribution < -0.4 is 10.6 Å². The maximum absolute atomic E-state index is 12.2. The number of anilines is 1. The highest BCUT2D eigenvalue weighted by Gasteiger charge is 2.27. The third-order valence-corrected chi connectivity index (χ3v) is 4.58. The van der Waals surface area contributed by atoms with Gasteiger partial charge in [0.15, 0.2) is 0 Å². The van der Waals surface area contributed by atoms with Crippen molar-refractivity contribution >= 4 is 45.2 Å². The molecule has 0 aliphatic rings. The topological polar surface area (TPSA) is 58.2 Å². The fourth-order valence-electron chi connectivity index (χ4n) is 1.90. The van der Waals surface area contributed by atoms with Crippen LogP contribution >= 0.6 is 27.7 Å². The van der Waals surface area contributed by atoms with Gasteiger partial charge in [0.05, 0.1) is 5.75 Å². The predicted octanol–water partition coefficient (Wildman–Crippen LogP) is 4.47. The van der Waals surface area contributed by atoms with Gasteiger partial charge in [-0.1, -0.05) is 22.0 Å². The van der Waals surface area contributed by atoms with Crippen molar-refractivity contribution in [3.63, 3.8) is 0 Å². The van der Waals surface area contributed by atoms with E-state index in [0.717, 1.165) is 9.37 Å². The van der Waals surface area contributed by atoms with Crippen LogP contribution in [0.1, 0.15) is 10.4 Å². The first-order valence-corrected chi connectivity index (χ1v) is 9.14. The van der Waals surface area contributed by atoms with Crippen LogP contribution in [-0.4, -0.2) is 30.3 Å². The highest BCUT2D eigenvalue weighted by molar-refractivity contribution is 9.10. The number of benzene rings is 2. The molecule has 2 N–H and O–H groups in total. The Morgan fingerprint density at radius 1 is 1.08 bits per heavy atom. The Bertz CT molecular complexity index is 782. The number of nitrogens with one attached hydrogen (secondary N) is 2. The molecule has 9 heteroatoms. The Morgan fingerprint density at radius 3 is 2.42 bits per heavy atom. The molecular formula is C17H14BrF3N2O2S. The minimum Gasteiger partial charge on any atom is -0.343 e. The van der Waals surface area contributed by atoms with Gasteiger partial charge in [-0.15, -0.1) is 11.8 Å². The molecule has 138 valence electrons. The van der Waals surface area contributed by atoms with Gasteiger partial charge in [0.2, 0.25) is 5.91 Å². The van der Waals surface area contributed by atoms with Gasteiger partial charge in [-0.2, -0.15) is 13.2 Å². The molecule has 2 rings (SSSR count). The van der Waals surface area contributed by atoms with Crippen LogP contribution in [0.3, 0.4) is 0 Å². The van der Waals surface area contributed by atoms with Gasteiger partial charge in [0.25, 0.3) is 5.91 Å². The van der Waals surface area contributed by atoms with Crippen molar-refractivity contribution in [3.05, 3.63) is 58.6 Å². The lowest BCUT2D eigenvalue weighted by Crippen LogP contribution is -2.33. The normalized spacial score (nSPS) is 11.1. The number of thioether (sulfide) groups is 1. The second-order valence-electron chi connectivity index (χ2n) is 5.17. The summed E-state index contributed by atoms with van der Waals surface area (Å²) in [5.74, 6) is -0.986. The van der Waals surface area contributed by atoms with E-state index in [0.29, 0.717) is 5.69 Å². The first-order chi connectivity index (χ1) is 12.2.